The van der Waals surface area contributed by atoms with E-state index in [9.17, 15) is 18.0 Å². The molecule has 0 saturated carbocycles. The van der Waals surface area contributed by atoms with E-state index in [1.54, 1.807) is 0 Å². The number of nitrogens with one attached hydrogen (secondary N) is 1. The van der Waals surface area contributed by atoms with Gasteiger partial charge in [-0.05, 0) is 24.1 Å². The molecule has 0 aromatic heterocycles. The van der Waals surface area contributed by atoms with Gasteiger partial charge in [-0.15, -0.1) is 0 Å². The van der Waals surface area contributed by atoms with Crippen molar-refractivity contribution in [1.29, 1.82) is 0 Å². The topological polar surface area (TPSA) is 29.1 Å². The summed E-state index contributed by atoms with van der Waals surface area (Å²) in [5.41, 5.74) is -0.459. The summed E-state index contributed by atoms with van der Waals surface area (Å²) in [6.45, 7) is 0.263. The quantitative estimate of drug-likeness (QED) is 0.704. The monoisotopic (exact) mass is 215 g/mol. The number of alkyl halides is 3. The largest absolute Gasteiger partial charge is 0.416 e. The first-order valence-electron chi connectivity index (χ1n) is 4.47. The Hall–Kier alpha value is -1.52. The van der Waals surface area contributed by atoms with E-state index in [0.717, 1.165) is 6.07 Å². The molecule has 1 aliphatic rings. The SMILES string of the molecule is O=C1NCCc2c1cccc2C(F)(F)F. The van der Waals surface area contributed by atoms with Crippen molar-refractivity contribution < 1.29 is 18.0 Å². The van der Waals surface area contributed by atoms with Crippen LogP contribution < -0.4 is 5.32 Å². The first-order chi connectivity index (χ1) is 7.00. The molecule has 0 unspecified atom stereocenters. The van der Waals surface area contributed by atoms with E-state index < -0.39 is 17.6 Å². The van der Waals surface area contributed by atoms with Crippen LogP contribution in [0.1, 0.15) is 21.5 Å². The molecule has 1 N–H and O–H groups in total. The molecule has 0 bridgehead atoms. The van der Waals surface area contributed by atoms with Gasteiger partial charge < -0.3 is 5.32 Å². The summed E-state index contributed by atoms with van der Waals surface area (Å²) in [4.78, 5) is 11.3. The maximum atomic E-state index is 12.6. The number of amides is 1. The fourth-order valence-corrected chi connectivity index (χ4v) is 1.73. The Kier molecular flexibility index (Phi) is 2.17. The molecule has 0 atom stereocenters. The lowest BCUT2D eigenvalue weighted by Crippen LogP contribution is -2.33. The van der Waals surface area contributed by atoms with Crippen LogP contribution in [-0.2, 0) is 12.6 Å². The second kappa shape index (κ2) is 3.25. The van der Waals surface area contributed by atoms with Gasteiger partial charge >= 0.3 is 6.18 Å². The summed E-state index contributed by atoms with van der Waals surface area (Å²) in [6.07, 6.45) is -4.15. The third-order valence-corrected chi connectivity index (χ3v) is 2.39. The van der Waals surface area contributed by atoms with Crippen molar-refractivity contribution in [2.45, 2.75) is 12.6 Å². The van der Waals surface area contributed by atoms with Crippen LogP contribution in [0.15, 0.2) is 18.2 Å². The zero-order valence-corrected chi connectivity index (χ0v) is 7.69. The van der Waals surface area contributed by atoms with Gasteiger partial charge in [0.25, 0.3) is 5.91 Å². The maximum absolute atomic E-state index is 12.6. The molecule has 1 amide bonds. The standard InChI is InChI=1S/C10H8F3NO/c11-10(12,13)8-3-1-2-7-6(8)4-5-14-9(7)15/h1-3H,4-5H2,(H,14,15). The van der Waals surface area contributed by atoms with Gasteiger partial charge in [0.15, 0.2) is 0 Å². The highest BCUT2D eigenvalue weighted by Gasteiger charge is 2.35. The van der Waals surface area contributed by atoms with Crippen molar-refractivity contribution >= 4 is 5.91 Å². The number of halogens is 3. The summed E-state index contributed by atoms with van der Waals surface area (Å²) in [5, 5.41) is 2.51. The van der Waals surface area contributed by atoms with E-state index in [-0.39, 0.29) is 24.1 Å². The number of benzene rings is 1. The highest BCUT2D eigenvalue weighted by atomic mass is 19.4. The zero-order valence-electron chi connectivity index (χ0n) is 7.69. The number of hydrogen-bond acceptors (Lipinski definition) is 1. The molecule has 0 radical (unpaired) electrons. The summed E-state index contributed by atoms with van der Waals surface area (Å²) in [6, 6.07) is 3.68. The highest BCUT2D eigenvalue weighted by molar-refractivity contribution is 5.97. The number of carbonyl (C=O) groups is 1. The molecule has 0 fully saturated rings. The molecule has 1 aromatic carbocycles. The molecule has 0 spiro atoms. The van der Waals surface area contributed by atoms with Crippen LogP contribution in [0, 0.1) is 0 Å². The van der Waals surface area contributed by atoms with Gasteiger partial charge in [0, 0.05) is 12.1 Å². The van der Waals surface area contributed by atoms with E-state index >= 15 is 0 Å². The van der Waals surface area contributed by atoms with Gasteiger partial charge in [0.05, 0.1) is 5.56 Å². The van der Waals surface area contributed by atoms with Crippen LogP contribution in [0.25, 0.3) is 0 Å². The third kappa shape index (κ3) is 1.69. The summed E-state index contributed by atoms with van der Waals surface area (Å²) in [7, 11) is 0. The molecule has 5 heteroatoms. The van der Waals surface area contributed by atoms with Crippen molar-refractivity contribution in [3.8, 4) is 0 Å². The molecule has 1 heterocycles. The van der Waals surface area contributed by atoms with Crippen LogP contribution in [-0.4, -0.2) is 12.5 Å². The molecule has 0 saturated heterocycles. The smallest absolute Gasteiger partial charge is 0.352 e. The van der Waals surface area contributed by atoms with Crippen molar-refractivity contribution in [2.75, 3.05) is 6.54 Å². The molecule has 2 nitrogen and oxygen atoms in total. The lowest BCUT2D eigenvalue weighted by molar-refractivity contribution is -0.138. The molecular weight excluding hydrogens is 207 g/mol. The Morgan fingerprint density at radius 1 is 1.27 bits per heavy atom. The van der Waals surface area contributed by atoms with Crippen LogP contribution in [0.5, 0.6) is 0 Å². The maximum Gasteiger partial charge on any atom is 0.416 e. The first-order valence-corrected chi connectivity index (χ1v) is 4.47. The van der Waals surface area contributed by atoms with Gasteiger partial charge in [0.1, 0.15) is 0 Å². The Morgan fingerprint density at radius 3 is 2.67 bits per heavy atom. The Morgan fingerprint density at radius 2 is 2.00 bits per heavy atom. The molecule has 15 heavy (non-hydrogen) atoms. The van der Waals surface area contributed by atoms with E-state index in [2.05, 4.69) is 5.32 Å². The minimum absolute atomic E-state index is 0.105. The lowest BCUT2D eigenvalue weighted by atomic mass is 9.95. The minimum Gasteiger partial charge on any atom is -0.352 e. The van der Waals surface area contributed by atoms with Crippen molar-refractivity contribution in [3.05, 3.63) is 34.9 Å². The van der Waals surface area contributed by atoms with Gasteiger partial charge in [-0.25, -0.2) is 0 Å². The molecule has 2 rings (SSSR count). The average Bonchev–Trinajstić information content (AvgIpc) is 2.16. The highest BCUT2D eigenvalue weighted by Crippen LogP contribution is 2.34. The van der Waals surface area contributed by atoms with E-state index in [1.165, 1.54) is 12.1 Å². The van der Waals surface area contributed by atoms with E-state index in [0.29, 0.717) is 0 Å². The Bertz CT molecular complexity index is 412. The van der Waals surface area contributed by atoms with Gasteiger partial charge in [-0.2, -0.15) is 13.2 Å². The van der Waals surface area contributed by atoms with E-state index in [1.807, 2.05) is 0 Å². The average molecular weight is 215 g/mol. The number of rotatable bonds is 0. The van der Waals surface area contributed by atoms with Gasteiger partial charge in [-0.3, -0.25) is 4.79 Å². The summed E-state index contributed by atoms with van der Waals surface area (Å²) in [5.74, 6) is -0.428. The van der Waals surface area contributed by atoms with E-state index in [4.69, 9.17) is 0 Å². The molecule has 1 aliphatic heterocycles. The van der Waals surface area contributed by atoms with Crippen LogP contribution in [0.3, 0.4) is 0 Å². The first kappa shape index (κ1) is 10.0. The van der Waals surface area contributed by atoms with Crippen LogP contribution in [0.2, 0.25) is 0 Å². The van der Waals surface area contributed by atoms with Crippen LogP contribution >= 0.6 is 0 Å². The summed E-state index contributed by atoms with van der Waals surface area (Å²) < 4.78 is 37.7. The normalized spacial score (nSPS) is 15.8. The summed E-state index contributed by atoms with van der Waals surface area (Å²) >= 11 is 0. The molecular formula is C10H8F3NO. The van der Waals surface area contributed by atoms with Gasteiger partial charge in [0.2, 0.25) is 0 Å². The Balaban J connectivity index is 2.59. The molecule has 1 aromatic rings. The number of hydrogen-bond donors (Lipinski definition) is 1. The van der Waals surface area contributed by atoms with Crippen molar-refractivity contribution in [1.82, 2.24) is 5.32 Å². The number of fused-ring (bicyclic) bond motifs is 1. The van der Waals surface area contributed by atoms with Gasteiger partial charge in [-0.1, -0.05) is 6.07 Å². The second-order valence-electron chi connectivity index (χ2n) is 3.34. The minimum atomic E-state index is -4.39. The fourth-order valence-electron chi connectivity index (χ4n) is 1.73. The Labute approximate surface area is 84.1 Å². The number of carbonyl (C=O) groups excluding carboxylic acids is 1. The van der Waals surface area contributed by atoms with Crippen molar-refractivity contribution in [3.63, 3.8) is 0 Å². The predicted octanol–water partition coefficient (Wildman–Crippen LogP) is 1.99. The molecule has 0 aliphatic carbocycles. The fraction of sp³-hybridized carbons (Fsp3) is 0.300. The second-order valence-corrected chi connectivity index (χ2v) is 3.34. The molecule has 80 valence electrons. The van der Waals surface area contributed by atoms with Crippen molar-refractivity contribution in [2.24, 2.45) is 0 Å². The third-order valence-electron chi connectivity index (χ3n) is 2.39. The lowest BCUT2D eigenvalue weighted by Gasteiger charge is -2.20. The predicted molar refractivity (Wildman–Crippen MR) is 47.5 cm³/mol. The van der Waals surface area contributed by atoms with Crippen LogP contribution in [0.4, 0.5) is 13.2 Å². The zero-order chi connectivity index (χ0) is 11.1.